The third-order valence-corrected chi connectivity index (χ3v) is 6.48. The molecule has 1 aromatic heterocycles. The maximum absolute atomic E-state index is 12.8. The Labute approximate surface area is 169 Å². The second kappa shape index (κ2) is 6.59. The van der Waals surface area contributed by atoms with Gasteiger partial charge in [-0.25, -0.2) is 4.98 Å². The summed E-state index contributed by atoms with van der Waals surface area (Å²) >= 11 is 0. The minimum atomic E-state index is -0.345. The minimum absolute atomic E-state index is 0.0859. The number of aromatic nitrogens is 2. The van der Waals surface area contributed by atoms with Crippen LogP contribution in [-0.4, -0.2) is 33.7 Å². The third kappa shape index (κ3) is 2.66. The Morgan fingerprint density at radius 1 is 1.31 bits per heavy atom. The summed E-state index contributed by atoms with van der Waals surface area (Å²) < 4.78 is 8.77. The number of aliphatic hydroxyl groups is 1. The van der Waals surface area contributed by atoms with Crippen molar-refractivity contribution in [2.45, 2.75) is 38.2 Å². The smallest absolute Gasteiger partial charge is 0.251 e. The number of benzene rings is 2. The number of fused-ring (bicyclic) bond motifs is 5. The molecule has 2 heterocycles. The molecule has 1 atom stereocenters. The zero-order chi connectivity index (χ0) is 20.2. The van der Waals surface area contributed by atoms with E-state index in [0.717, 1.165) is 53.9 Å². The number of nitrogens with one attached hydrogen (secondary N) is 1. The molecule has 1 unspecified atom stereocenters. The molecule has 6 nitrogen and oxygen atoms in total. The predicted octanol–water partition coefficient (Wildman–Crippen LogP) is 2.77. The van der Waals surface area contributed by atoms with Gasteiger partial charge in [-0.05, 0) is 49.8 Å². The van der Waals surface area contributed by atoms with Crippen molar-refractivity contribution in [3.05, 3.63) is 58.4 Å². The molecule has 0 bridgehead atoms. The lowest BCUT2D eigenvalue weighted by Gasteiger charge is -2.37. The number of carbonyl (C=O) groups excluding carboxylic acids is 1. The summed E-state index contributed by atoms with van der Waals surface area (Å²) in [4.78, 5) is 17.6. The summed E-state index contributed by atoms with van der Waals surface area (Å²) in [6.45, 7) is 2.10. The number of hydrogen-bond donors (Lipinski definition) is 2. The number of hydrogen-bond acceptors (Lipinski definition) is 4. The quantitative estimate of drug-likeness (QED) is 0.720. The van der Waals surface area contributed by atoms with Gasteiger partial charge in [0.2, 0.25) is 0 Å². The molecule has 2 aliphatic rings. The molecular weight excluding hydrogens is 366 g/mol. The lowest BCUT2D eigenvalue weighted by molar-refractivity contribution is 0.0459. The fraction of sp³-hybridized carbons (Fsp3) is 0.391. The van der Waals surface area contributed by atoms with E-state index in [0.29, 0.717) is 5.56 Å². The molecule has 1 aliphatic carbocycles. The van der Waals surface area contributed by atoms with Gasteiger partial charge in [0.05, 0.1) is 12.1 Å². The maximum Gasteiger partial charge on any atom is 0.251 e. The number of carbonyl (C=O) groups is 1. The molecule has 2 N–H and O–H groups in total. The van der Waals surface area contributed by atoms with E-state index in [9.17, 15) is 4.79 Å². The molecule has 1 spiro atoms. The first-order valence-corrected chi connectivity index (χ1v) is 10.2. The van der Waals surface area contributed by atoms with Crippen LogP contribution in [0, 0.1) is 6.92 Å². The van der Waals surface area contributed by atoms with Crippen LogP contribution in [0.4, 0.5) is 0 Å². The summed E-state index contributed by atoms with van der Waals surface area (Å²) in [6.07, 6.45) is 3.55. The van der Waals surface area contributed by atoms with Gasteiger partial charge in [0.15, 0.2) is 5.75 Å². The molecule has 0 saturated heterocycles. The maximum atomic E-state index is 12.8. The van der Waals surface area contributed by atoms with E-state index >= 15 is 0 Å². The average Bonchev–Trinajstić information content (AvgIpc) is 3.24. The molecule has 5 rings (SSSR count). The van der Waals surface area contributed by atoms with Gasteiger partial charge in [-0.2, -0.15) is 0 Å². The SMILES string of the molecule is Cc1nc2c3c(c(C(=O)NCCO)cc2n1C)CCC1(CCc2ccccc21)O3. The topological polar surface area (TPSA) is 76.4 Å². The fourth-order valence-electron chi connectivity index (χ4n) is 4.87. The van der Waals surface area contributed by atoms with Crippen molar-refractivity contribution in [2.24, 2.45) is 7.05 Å². The van der Waals surface area contributed by atoms with Gasteiger partial charge in [0, 0.05) is 24.7 Å². The van der Waals surface area contributed by atoms with Gasteiger partial charge in [-0.3, -0.25) is 4.79 Å². The summed E-state index contributed by atoms with van der Waals surface area (Å²) in [5.41, 5.74) is 5.51. The zero-order valence-electron chi connectivity index (χ0n) is 16.8. The van der Waals surface area contributed by atoms with E-state index in [1.807, 2.05) is 24.6 Å². The minimum Gasteiger partial charge on any atom is -0.480 e. The van der Waals surface area contributed by atoms with Crippen LogP contribution in [0.15, 0.2) is 30.3 Å². The molecule has 3 aromatic rings. The van der Waals surface area contributed by atoms with Crippen molar-refractivity contribution in [1.82, 2.24) is 14.9 Å². The second-order valence-electron chi connectivity index (χ2n) is 8.05. The standard InChI is InChI=1S/C23H25N3O3/c1-14-25-20-19(26(14)2)13-17(22(28)24-11-12-27)16-8-10-23(29-21(16)20)9-7-15-5-3-4-6-18(15)23/h3-6,13,27H,7-12H2,1-2H3,(H,24,28). The summed E-state index contributed by atoms with van der Waals surface area (Å²) in [6, 6.07) is 10.4. The van der Waals surface area contributed by atoms with E-state index in [2.05, 4.69) is 29.6 Å². The monoisotopic (exact) mass is 391 g/mol. The van der Waals surface area contributed by atoms with Crippen LogP contribution >= 0.6 is 0 Å². The van der Waals surface area contributed by atoms with Crippen molar-refractivity contribution >= 4 is 16.9 Å². The predicted molar refractivity (Wildman–Crippen MR) is 110 cm³/mol. The molecule has 0 saturated carbocycles. The lowest BCUT2D eigenvalue weighted by Crippen LogP contribution is -2.36. The number of aryl methyl sites for hydroxylation is 3. The Hall–Kier alpha value is -2.86. The van der Waals surface area contributed by atoms with E-state index in [4.69, 9.17) is 14.8 Å². The van der Waals surface area contributed by atoms with Crippen LogP contribution in [0.2, 0.25) is 0 Å². The van der Waals surface area contributed by atoms with Crippen LogP contribution in [0.25, 0.3) is 11.0 Å². The van der Waals surface area contributed by atoms with Crippen molar-refractivity contribution < 1.29 is 14.6 Å². The van der Waals surface area contributed by atoms with Gasteiger partial charge in [0.25, 0.3) is 5.91 Å². The Kier molecular flexibility index (Phi) is 4.13. The number of rotatable bonds is 3. The number of ether oxygens (including phenoxy) is 1. The van der Waals surface area contributed by atoms with Crippen LogP contribution in [-0.2, 0) is 25.5 Å². The third-order valence-electron chi connectivity index (χ3n) is 6.48. The van der Waals surface area contributed by atoms with Crippen LogP contribution in [0.1, 0.15) is 45.7 Å². The highest BCUT2D eigenvalue weighted by Gasteiger charge is 2.44. The normalized spacial score (nSPS) is 19.8. The number of aliphatic hydroxyl groups excluding tert-OH is 1. The van der Waals surface area contributed by atoms with Crippen molar-refractivity contribution in [1.29, 1.82) is 0 Å². The highest BCUT2D eigenvalue weighted by Crippen LogP contribution is 2.50. The van der Waals surface area contributed by atoms with Crippen molar-refractivity contribution in [3.63, 3.8) is 0 Å². The summed E-state index contributed by atoms with van der Waals surface area (Å²) in [5.74, 6) is 1.44. The molecule has 1 amide bonds. The highest BCUT2D eigenvalue weighted by molar-refractivity contribution is 6.01. The van der Waals surface area contributed by atoms with Gasteiger partial charge in [-0.15, -0.1) is 0 Å². The van der Waals surface area contributed by atoms with Crippen LogP contribution < -0.4 is 10.1 Å². The second-order valence-corrected chi connectivity index (χ2v) is 8.05. The molecule has 150 valence electrons. The molecule has 0 radical (unpaired) electrons. The number of nitrogens with zero attached hydrogens (tertiary/aromatic N) is 2. The highest BCUT2D eigenvalue weighted by atomic mass is 16.5. The van der Waals surface area contributed by atoms with Crippen LogP contribution in [0.3, 0.4) is 0 Å². The zero-order valence-corrected chi connectivity index (χ0v) is 16.8. The average molecular weight is 391 g/mol. The largest absolute Gasteiger partial charge is 0.480 e. The molecule has 29 heavy (non-hydrogen) atoms. The molecule has 2 aromatic carbocycles. The summed E-state index contributed by atoms with van der Waals surface area (Å²) in [7, 11) is 1.95. The van der Waals surface area contributed by atoms with E-state index in [1.54, 1.807) is 0 Å². The van der Waals surface area contributed by atoms with Gasteiger partial charge in [-0.1, -0.05) is 24.3 Å². The van der Waals surface area contributed by atoms with Crippen LogP contribution in [0.5, 0.6) is 5.75 Å². The Morgan fingerprint density at radius 2 is 2.10 bits per heavy atom. The first-order chi connectivity index (χ1) is 14.0. The first kappa shape index (κ1) is 18.2. The van der Waals surface area contributed by atoms with Gasteiger partial charge >= 0.3 is 0 Å². The van der Waals surface area contributed by atoms with Crippen molar-refractivity contribution in [3.8, 4) is 5.75 Å². The van der Waals surface area contributed by atoms with E-state index < -0.39 is 0 Å². The fourth-order valence-corrected chi connectivity index (χ4v) is 4.87. The van der Waals surface area contributed by atoms with E-state index in [-0.39, 0.29) is 24.7 Å². The molecular formula is C23H25N3O3. The Balaban J connectivity index is 1.68. The van der Waals surface area contributed by atoms with Crippen molar-refractivity contribution in [2.75, 3.05) is 13.2 Å². The molecule has 1 aliphatic heterocycles. The Bertz CT molecular complexity index is 1130. The van der Waals surface area contributed by atoms with E-state index in [1.165, 1.54) is 11.1 Å². The number of imidazole rings is 1. The molecule has 6 heteroatoms. The lowest BCUT2D eigenvalue weighted by atomic mass is 9.84. The number of amides is 1. The molecule has 0 fully saturated rings. The first-order valence-electron chi connectivity index (χ1n) is 10.2. The van der Waals surface area contributed by atoms with Gasteiger partial charge in [0.1, 0.15) is 16.9 Å². The van der Waals surface area contributed by atoms with Gasteiger partial charge < -0.3 is 19.7 Å². The Morgan fingerprint density at radius 3 is 2.93 bits per heavy atom. The summed E-state index contributed by atoms with van der Waals surface area (Å²) in [5, 5.41) is 11.9.